The number of benzene rings is 1. The normalized spacial score (nSPS) is 24.6. The maximum absolute atomic E-state index is 13.2. The van der Waals surface area contributed by atoms with E-state index in [1.54, 1.807) is 6.07 Å². The van der Waals surface area contributed by atoms with Crippen LogP contribution in [0.4, 0.5) is 9.18 Å². The van der Waals surface area contributed by atoms with Crippen molar-refractivity contribution in [3.63, 3.8) is 0 Å². The highest BCUT2D eigenvalue weighted by molar-refractivity contribution is 5.77. The Morgan fingerprint density at radius 2 is 2.05 bits per heavy atom. The summed E-state index contributed by atoms with van der Waals surface area (Å²) in [6.07, 6.45) is 1.98. The van der Waals surface area contributed by atoms with Crippen molar-refractivity contribution in [2.45, 2.75) is 24.9 Å². The molecule has 2 aliphatic heterocycles. The van der Waals surface area contributed by atoms with Gasteiger partial charge in [0.2, 0.25) is 0 Å². The third-order valence-electron chi connectivity index (χ3n) is 3.94. The second-order valence-corrected chi connectivity index (χ2v) is 5.19. The van der Waals surface area contributed by atoms with E-state index in [9.17, 15) is 9.18 Å². The number of piperidine rings is 1. The zero-order chi connectivity index (χ0) is 13.2. The number of urea groups is 1. The Hall–Kier alpha value is -1.62. The standard InChI is InChI=1S/C14H18FN3O/c15-11-3-1-2-10(8-11)13-9-18(14(19)17-13)12-4-6-16-7-5-12/h1-3,8,12-13,16H,4-7,9H2,(H,17,19). The zero-order valence-electron chi connectivity index (χ0n) is 10.7. The molecule has 0 saturated carbocycles. The molecule has 0 aromatic heterocycles. The van der Waals surface area contributed by atoms with E-state index in [1.165, 1.54) is 12.1 Å². The fourth-order valence-corrected chi connectivity index (χ4v) is 2.90. The van der Waals surface area contributed by atoms with Crippen LogP contribution in [0.1, 0.15) is 24.4 Å². The predicted octanol–water partition coefficient (Wildman–Crippen LogP) is 1.64. The quantitative estimate of drug-likeness (QED) is 0.852. The molecule has 0 bridgehead atoms. The molecule has 0 radical (unpaired) electrons. The molecule has 3 rings (SSSR count). The first kappa shape index (κ1) is 12.4. The van der Waals surface area contributed by atoms with Gasteiger partial charge in [-0.1, -0.05) is 12.1 Å². The number of rotatable bonds is 2. The van der Waals surface area contributed by atoms with Crippen LogP contribution in [0.3, 0.4) is 0 Å². The summed E-state index contributed by atoms with van der Waals surface area (Å²) in [5.74, 6) is -0.257. The summed E-state index contributed by atoms with van der Waals surface area (Å²) in [5.41, 5.74) is 0.838. The van der Waals surface area contributed by atoms with Crippen molar-refractivity contribution >= 4 is 6.03 Å². The van der Waals surface area contributed by atoms with E-state index in [0.717, 1.165) is 31.5 Å². The summed E-state index contributed by atoms with van der Waals surface area (Å²) < 4.78 is 13.2. The van der Waals surface area contributed by atoms with Gasteiger partial charge in [-0.15, -0.1) is 0 Å². The smallest absolute Gasteiger partial charge is 0.318 e. The Morgan fingerprint density at radius 1 is 1.26 bits per heavy atom. The van der Waals surface area contributed by atoms with E-state index in [0.29, 0.717) is 12.6 Å². The summed E-state index contributed by atoms with van der Waals surface area (Å²) in [4.78, 5) is 13.9. The van der Waals surface area contributed by atoms with Crippen molar-refractivity contribution < 1.29 is 9.18 Å². The minimum absolute atomic E-state index is 0.0267. The monoisotopic (exact) mass is 263 g/mol. The molecule has 2 aliphatic rings. The number of carbonyl (C=O) groups excluding carboxylic acids is 1. The molecular formula is C14H18FN3O. The average molecular weight is 263 g/mol. The molecule has 4 nitrogen and oxygen atoms in total. The molecule has 2 amide bonds. The molecule has 2 heterocycles. The van der Waals surface area contributed by atoms with Crippen molar-refractivity contribution in [3.8, 4) is 0 Å². The van der Waals surface area contributed by atoms with E-state index >= 15 is 0 Å². The fourth-order valence-electron chi connectivity index (χ4n) is 2.90. The fraction of sp³-hybridized carbons (Fsp3) is 0.500. The second kappa shape index (κ2) is 5.17. The molecule has 0 aliphatic carbocycles. The molecule has 102 valence electrons. The van der Waals surface area contributed by atoms with E-state index < -0.39 is 0 Å². The molecule has 19 heavy (non-hydrogen) atoms. The van der Waals surface area contributed by atoms with Gasteiger partial charge in [-0.25, -0.2) is 9.18 Å². The molecule has 1 atom stereocenters. The highest BCUT2D eigenvalue weighted by Gasteiger charge is 2.34. The van der Waals surface area contributed by atoms with Crippen LogP contribution in [0.15, 0.2) is 24.3 Å². The van der Waals surface area contributed by atoms with Gasteiger partial charge in [0.25, 0.3) is 0 Å². The third kappa shape index (κ3) is 2.56. The Morgan fingerprint density at radius 3 is 2.79 bits per heavy atom. The van der Waals surface area contributed by atoms with Gasteiger partial charge in [0.1, 0.15) is 5.82 Å². The first-order valence-corrected chi connectivity index (χ1v) is 6.77. The highest BCUT2D eigenvalue weighted by Crippen LogP contribution is 2.24. The van der Waals surface area contributed by atoms with Gasteiger partial charge in [0.05, 0.1) is 6.04 Å². The molecule has 1 aromatic rings. The minimum Gasteiger partial charge on any atom is -0.329 e. The summed E-state index contributed by atoms with van der Waals surface area (Å²) in [6, 6.07) is 6.64. The van der Waals surface area contributed by atoms with Crippen LogP contribution in [0.5, 0.6) is 0 Å². The Balaban J connectivity index is 1.72. The molecule has 1 aromatic carbocycles. The largest absolute Gasteiger partial charge is 0.329 e. The van der Waals surface area contributed by atoms with E-state index in [-0.39, 0.29) is 17.9 Å². The van der Waals surface area contributed by atoms with Gasteiger partial charge in [0.15, 0.2) is 0 Å². The number of amides is 2. The lowest BCUT2D eigenvalue weighted by molar-refractivity contribution is 0.182. The lowest BCUT2D eigenvalue weighted by Crippen LogP contribution is -2.44. The van der Waals surface area contributed by atoms with Gasteiger partial charge < -0.3 is 15.5 Å². The van der Waals surface area contributed by atoms with Crippen molar-refractivity contribution in [3.05, 3.63) is 35.6 Å². The molecule has 1 unspecified atom stereocenters. The zero-order valence-corrected chi connectivity index (χ0v) is 10.7. The van der Waals surface area contributed by atoms with Crippen LogP contribution in [0.25, 0.3) is 0 Å². The van der Waals surface area contributed by atoms with Gasteiger partial charge in [-0.05, 0) is 43.6 Å². The lowest BCUT2D eigenvalue weighted by atomic mass is 10.0. The first-order valence-electron chi connectivity index (χ1n) is 6.77. The molecular weight excluding hydrogens is 245 g/mol. The number of hydrogen-bond donors (Lipinski definition) is 2. The molecule has 2 fully saturated rings. The van der Waals surface area contributed by atoms with Crippen LogP contribution in [0, 0.1) is 5.82 Å². The van der Waals surface area contributed by atoms with E-state index in [2.05, 4.69) is 10.6 Å². The lowest BCUT2D eigenvalue weighted by Gasteiger charge is -2.30. The molecule has 5 heteroatoms. The Bertz CT molecular complexity index is 474. The predicted molar refractivity (Wildman–Crippen MR) is 70.3 cm³/mol. The third-order valence-corrected chi connectivity index (χ3v) is 3.94. The second-order valence-electron chi connectivity index (χ2n) is 5.19. The maximum Gasteiger partial charge on any atom is 0.318 e. The Labute approximate surface area is 112 Å². The molecule has 2 saturated heterocycles. The Kier molecular flexibility index (Phi) is 3.38. The maximum atomic E-state index is 13.2. The minimum atomic E-state index is -0.257. The van der Waals surface area contributed by atoms with Crippen molar-refractivity contribution in [2.75, 3.05) is 19.6 Å². The molecule has 0 spiro atoms. The highest BCUT2D eigenvalue weighted by atomic mass is 19.1. The SMILES string of the molecule is O=C1NC(c2cccc(F)c2)CN1C1CCNCC1. The summed E-state index contributed by atoms with van der Waals surface area (Å²) in [7, 11) is 0. The first-order chi connectivity index (χ1) is 9.24. The summed E-state index contributed by atoms with van der Waals surface area (Å²) in [5, 5.41) is 6.24. The van der Waals surface area contributed by atoms with Gasteiger partial charge in [-0.2, -0.15) is 0 Å². The van der Waals surface area contributed by atoms with Crippen molar-refractivity contribution in [1.29, 1.82) is 0 Å². The number of nitrogens with zero attached hydrogens (tertiary/aromatic N) is 1. The van der Waals surface area contributed by atoms with Crippen LogP contribution in [-0.4, -0.2) is 36.6 Å². The summed E-state index contributed by atoms with van der Waals surface area (Å²) in [6.45, 7) is 2.55. The van der Waals surface area contributed by atoms with Gasteiger partial charge in [-0.3, -0.25) is 0 Å². The van der Waals surface area contributed by atoms with Gasteiger partial charge >= 0.3 is 6.03 Å². The number of carbonyl (C=O) groups is 1. The van der Waals surface area contributed by atoms with Crippen LogP contribution < -0.4 is 10.6 Å². The van der Waals surface area contributed by atoms with Gasteiger partial charge in [0, 0.05) is 12.6 Å². The molecule has 2 N–H and O–H groups in total. The van der Waals surface area contributed by atoms with Crippen molar-refractivity contribution in [1.82, 2.24) is 15.5 Å². The average Bonchev–Trinajstić information content (AvgIpc) is 2.82. The van der Waals surface area contributed by atoms with Crippen LogP contribution in [0.2, 0.25) is 0 Å². The number of nitrogens with one attached hydrogen (secondary N) is 2. The van der Waals surface area contributed by atoms with Crippen LogP contribution >= 0.6 is 0 Å². The number of halogens is 1. The number of hydrogen-bond acceptors (Lipinski definition) is 2. The van der Waals surface area contributed by atoms with E-state index in [1.807, 2.05) is 11.0 Å². The van der Waals surface area contributed by atoms with Crippen molar-refractivity contribution in [2.24, 2.45) is 0 Å². The van der Waals surface area contributed by atoms with Crippen LogP contribution in [-0.2, 0) is 0 Å². The summed E-state index contributed by atoms with van der Waals surface area (Å²) >= 11 is 0. The topological polar surface area (TPSA) is 44.4 Å². The van der Waals surface area contributed by atoms with E-state index in [4.69, 9.17) is 0 Å².